The van der Waals surface area contributed by atoms with E-state index in [0.29, 0.717) is 11.4 Å². The molecule has 0 aromatic heterocycles. The first kappa shape index (κ1) is 22.4. The number of halogens is 4. The van der Waals surface area contributed by atoms with E-state index in [2.05, 4.69) is 4.98 Å². The number of nitrogen functional groups attached to an aromatic ring is 1. The summed E-state index contributed by atoms with van der Waals surface area (Å²) in [6, 6.07) is 11.6. The van der Waals surface area contributed by atoms with Crippen molar-refractivity contribution in [3.05, 3.63) is 64.6 Å². The third-order valence-corrected chi connectivity index (χ3v) is 2.39. The minimum absolute atomic E-state index is 0.178. The molecule has 4 N–H and O–H groups in total. The Kier molecular flexibility index (Phi) is 8.86. The van der Waals surface area contributed by atoms with Gasteiger partial charge in [0, 0.05) is 17.8 Å². The van der Waals surface area contributed by atoms with Gasteiger partial charge in [-0.05, 0) is 36.4 Å². The van der Waals surface area contributed by atoms with Gasteiger partial charge in [-0.2, -0.15) is 0 Å². The maximum absolute atomic E-state index is 10.3. The molecule has 0 aliphatic heterocycles. The van der Waals surface area contributed by atoms with Crippen molar-refractivity contribution in [2.45, 2.75) is 0 Å². The van der Waals surface area contributed by atoms with Gasteiger partial charge in [0.15, 0.2) is 4.98 Å². The summed E-state index contributed by atoms with van der Waals surface area (Å²) < 4.78 is 39.0. The van der Waals surface area contributed by atoms with Crippen molar-refractivity contribution in [3.8, 4) is 0 Å². The summed E-state index contributed by atoms with van der Waals surface area (Å²) in [5, 5.41) is 25.1. The smallest absolute Gasteiger partial charge is 0.478 e. The van der Waals surface area contributed by atoms with E-state index in [4.69, 9.17) is 21.3 Å². The maximum atomic E-state index is 10.3. The van der Waals surface area contributed by atoms with Crippen molar-refractivity contribution in [2.24, 2.45) is 0 Å². The Balaban J connectivity index is 0.000000387. The van der Waals surface area contributed by atoms with Crippen LogP contribution in [0.25, 0.3) is 4.98 Å². The highest BCUT2D eigenvalue weighted by atomic mass is 19.5. The number of nitrogens with zero attached hydrogens (tertiary/aromatic N) is 2. The van der Waals surface area contributed by atoms with E-state index < -0.39 is 19.2 Å². The molecular weight excluding hydrogens is 361 g/mol. The van der Waals surface area contributed by atoms with Crippen LogP contribution in [0.5, 0.6) is 0 Å². The van der Waals surface area contributed by atoms with Crippen LogP contribution in [0.4, 0.5) is 28.6 Å². The summed E-state index contributed by atoms with van der Waals surface area (Å²) in [7, 11) is -6.00. The molecular formula is C14H12BF4N3O4. The number of benzene rings is 2. The minimum Gasteiger partial charge on any atom is -0.478 e. The van der Waals surface area contributed by atoms with Gasteiger partial charge >= 0.3 is 24.9 Å². The largest absolute Gasteiger partial charge is 0.673 e. The van der Waals surface area contributed by atoms with Crippen molar-refractivity contribution in [2.75, 3.05) is 5.73 Å². The lowest BCUT2D eigenvalue weighted by Gasteiger charge is -1.94. The number of anilines is 1. The van der Waals surface area contributed by atoms with Crippen LogP contribution in [0.1, 0.15) is 20.7 Å². The fourth-order valence-electron chi connectivity index (χ4n) is 1.30. The van der Waals surface area contributed by atoms with E-state index in [1.807, 2.05) is 0 Å². The van der Waals surface area contributed by atoms with Gasteiger partial charge in [-0.25, -0.2) is 9.59 Å². The third kappa shape index (κ3) is 11.0. The third-order valence-electron chi connectivity index (χ3n) is 2.39. The van der Waals surface area contributed by atoms with Gasteiger partial charge < -0.3 is 33.2 Å². The first-order valence-electron chi connectivity index (χ1n) is 6.58. The Hall–Kier alpha value is -3.62. The zero-order valence-corrected chi connectivity index (χ0v) is 12.9. The quantitative estimate of drug-likeness (QED) is 0.314. The van der Waals surface area contributed by atoms with Gasteiger partial charge in [0.1, 0.15) is 0 Å². The lowest BCUT2D eigenvalue weighted by molar-refractivity contribution is 0.0686. The molecule has 2 aromatic rings. The maximum Gasteiger partial charge on any atom is 0.673 e. The van der Waals surface area contributed by atoms with Crippen molar-refractivity contribution in [3.63, 3.8) is 0 Å². The lowest BCUT2D eigenvalue weighted by atomic mass is 10.2. The van der Waals surface area contributed by atoms with Gasteiger partial charge in [-0.15, -0.1) is 0 Å². The molecule has 0 saturated carbocycles. The van der Waals surface area contributed by atoms with Gasteiger partial charge in [-0.1, -0.05) is 0 Å². The van der Waals surface area contributed by atoms with Crippen molar-refractivity contribution in [1.82, 2.24) is 0 Å². The highest BCUT2D eigenvalue weighted by Crippen LogP contribution is 2.12. The molecule has 12 heteroatoms. The molecule has 0 saturated heterocycles. The Morgan fingerprint density at radius 3 is 1.42 bits per heavy atom. The lowest BCUT2D eigenvalue weighted by Crippen LogP contribution is -2.02. The number of aromatic carboxylic acids is 2. The summed E-state index contributed by atoms with van der Waals surface area (Å²) in [5.41, 5.74) is 6.69. The van der Waals surface area contributed by atoms with Crippen LogP contribution in [0.15, 0.2) is 48.5 Å². The van der Waals surface area contributed by atoms with E-state index in [9.17, 15) is 26.9 Å². The molecule has 0 spiro atoms. The molecule has 0 unspecified atom stereocenters. The number of diazo groups is 1. The van der Waals surface area contributed by atoms with E-state index in [0.717, 1.165) is 0 Å². The normalized spacial score (nSPS) is 9.50. The van der Waals surface area contributed by atoms with Gasteiger partial charge in [0.25, 0.3) is 0 Å². The molecule has 2 aromatic carbocycles. The Morgan fingerprint density at radius 2 is 1.15 bits per heavy atom. The predicted molar refractivity (Wildman–Crippen MR) is 86.1 cm³/mol. The van der Waals surface area contributed by atoms with Crippen molar-refractivity contribution in [1.29, 1.82) is 5.39 Å². The second-order valence-electron chi connectivity index (χ2n) is 4.37. The minimum atomic E-state index is -6.00. The first-order chi connectivity index (χ1) is 11.9. The molecule has 0 aliphatic rings. The predicted octanol–water partition coefficient (Wildman–Crippen LogP) is 4.14. The number of carboxylic acid groups (broad SMARTS) is 2. The summed E-state index contributed by atoms with van der Waals surface area (Å²) in [4.78, 5) is 23.5. The SMILES string of the molecule is F[B-](F)(F)F.N#[N+]c1ccc(C(=O)O)cc1.Nc1ccc(C(=O)O)cc1. The highest BCUT2D eigenvalue weighted by molar-refractivity contribution is 6.50. The van der Waals surface area contributed by atoms with Crippen LogP contribution in [-0.2, 0) is 0 Å². The monoisotopic (exact) mass is 373 g/mol. The molecule has 0 atom stereocenters. The first-order valence-corrected chi connectivity index (χ1v) is 6.58. The molecule has 0 heterocycles. The Morgan fingerprint density at radius 1 is 0.846 bits per heavy atom. The Bertz CT molecular complexity index is 769. The second-order valence-corrected chi connectivity index (χ2v) is 4.37. The van der Waals surface area contributed by atoms with Crippen LogP contribution < -0.4 is 5.73 Å². The fourth-order valence-corrected chi connectivity index (χ4v) is 1.30. The standard InChI is InChI=1S/C7H4N2O2.C7H7NO2.BF4/c8-9-6-3-1-5(2-4-6)7(10)11;8-6-3-1-5(2-4-6)7(9)10;2-1(3,4)5/h1-4H;1-4H,8H2,(H,9,10);/q;;-1/p+1. The van der Waals surface area contributed by atoms with Crippen LogP contribution in [-0.4, -0.2) is 29.4 Å². The summed E-state index contributed by atoms with van der Waals surface area (Å²) in [6.07, 6.45) is 0. The molecule has 0 fully saturated rings. The van der Waals surface area contributed by atoms with Crippen molar-refractivity contribution < 1.29 is 37.1 Å². The summed E-state index contributed by atoms with van der Waals surface area (Å²) in [5.74, 6) is -1.92. The zero-order chi connectivity index (χ0) is 20.3. The average molecular weight is 373 g/mol. The van der Waals surface area contributed by atoms with E-state index in [-0.39, 0.29) is 11.1 Å². The van der Waals surface area contributed by atoms with E-state index >= 15 is 0 Å². The van der Waals surface area contributed by atoms with Crippen molar-refractivity contribution >= 4 is 30.6 Å². The molecule has 138 valence electrons. The number of carboxylic acids is 2. The average Bonchev–Trinajstić information content (AvgIpc) is 2.54. The van der Waals surface area contributed by atoms with Gasteiger partial charge in [-0.3, -0.25) is 0 Å². The summed E-state index contributed by atoms with van der Waals surface area (Å²) in [6.45, 7) is 0. The number of carbonyl (C=O) groups is 2. The van der Waals surface area contributed by atoms with Gasteiger partial charge in [0.05, 0.1) is 11.1 Å². The molecule has 0 radical (unpaired) electrons. The van der Waals surface area contributed by atoms with Crippen LogP contribution in [0.3, 0.4) is 0 Å². The molecule has 0 bridgehead atoms. The van der Waals surface area contributed by atoms with Gasteiger partial charge in [0.2, 0.25) is 5.39 Å². The molecule has 0 amide bonds. The van der Waals surface area contributed by atoms with Crippen LogP contribution >= 0.6 is 0 Å². The molecule has 2 rings (SSSR count). The van der Waals surface area contributed by atoms with E-state index in [1.54, 1.807) is 12.1 Å². The highest BCUT2D eigenvalue weighted by Gasteiger charge is 2.20. The summed E-state index contributed by atoms with van der Waals surface area (Å²) >= 11 is 0. The van der Waals surface area contributed by atoms with Crippen LogP contribution in [0, 0.1) is 5.39 Å². The number of hydrogen-bond donors (Lipinski definition) is 3. The van der Waals surface area contributed by atoms with E-state index in [1.165, 1.54) is 36.4 Å². The fraction of sp³-hybridized carbons (Fsp3) is 0. The number of hydrogen-bond acceptors (Lipinski definition) is 4. The zero-order valence-electron chi connectivity index (χ0n) is 12.9. The molecule has 7 nitrogen and oxygen atoms in total. The molecule has 0 aliphatic carbocycles. The number of rotatable bonds is 2. The Labute approximate surface area is 144 Å². The molecule has 26 heavy (non-hydrogen) atoms. The van der Waals surface area contributed by atoms with Crippen LogP contribution in [0.2, 0.25) is 0 Å². The number of nitrogens with two attached hydrogens (primary N) is 1. The topological polar surface area (TPSA) is 129 Å². The second kappa shape index (κ2) is 10.3.